The van der Waals surface area contributed by atoms with Crippen LogP contribution in [0.1, 0.15) is 21.5 Å². The Morgan fingerprint density at radius 2 is 2.11 bits per heavy atom. The van der Waals surface area contributed by atoms with Gasteiger partial charge in [-0.05, 0) is 52.2 Å². The van der Waals surface area contributed by atoms with E-state index in [9.17, 15) is 9.18 Å². The van der Waals surface area contributed by atoms with E-state index in [1.165, 1.54) is 6.07 Å². The zero-order chi connectivity index (χ0) is 13.8. The van der Waals surface area contributed by atoms with Crippen LogP contribution in [0.2, 0.25) is 0 Å². The van der Waals surface area contributed by atoms with Gasteiger partial charge >= 0.3 is 0 Å². The molecule has 19 heavy (non-hydrogen) atoms. The maximum atomic E-state index is 13.1. The van der Waals surface area contributed by atoms with E-state index in [4.69, 9.17) is 4.74 Å². The molecule has 0 fully saturated rings. The molecule has 0 heterocycles. The molecule has 0 N–H and O–H groups in total. The van der Waals surface area contributed by atoms with E-state index < -0.39 is 0 Å². The number of hydrogen-bond donors (Lipinski definition) is 0. The normalized spacial score (nSPS) is 10.3. The van der Waals surface area contributed by atoms with E-state index in [-0.39, 0.29) is 12.4 Å². The molecular weight excluding hydrogens is 311 g/mol. The number of rotatable bonds is 4. The highest BCUT2D eigenvalue weighted by atomic mass is 79.9. The number of para-hydroxylation sites is 1. The summed E-state index contributed by atoms with van der Waals surface area (Å²) in [6.45, 7) is 2.16. The Hall–Kier alpha value is -1.68. The van der Waals surface area contributed by atoms with Crippen LogP contribution >= 0.6 is 15.9 Å². The third kappa shape index (κ3) is 3.20. The molecule has 2 rings (SSSR count). The largest absolute Gasteiger partial charge is 0.488 e. The highest BCUT2D eigenvalue weighted by molar-refractivity contribution is 9.10. The number of hydrogen-bond acceptors (Lipinski definition) is 2. The molecule has 0 saturated heterocycles. The van der Waals surface area contributed by atoms with Crippen molar-refractivity contribution in [1.29, 1.82) is 0 Å². The molecule has 0 spiro atoms. The number of halogens is 2. The Kier molecular flexibility index (Phi) is 4.32. The zero-order valence-electron chi connectivity index (χ0n) is 10.3. The minimum Gasteiger partial charge on any atom is -0.488 e. The van der Waals surface area contributed by atoms with Gasteiger partial charge in [-0.3, -0.25) is 4.79 Å². The summed E-state index contributed by atoms with van der Waals surface area (Å²) >= 11 is 3.13. The molecule has 2 nitrogen and oxygen atoms in total. The predicted octanol–water partition coefficient (Wildman–Crippen LogP) is 4.29. The van der Waals surface area contributed by atoms with E-state index >= 15 is 0 Å². The van der Waals surface area contributed by atoms with Gasteiger partial charge in [0.25, 0.3) is 0 Å². The molecule has 4 heteroatoms. The molecular formula is C15H12BrFO2. The summed E-state index contributed by atoms with van der Waals surface area (Å²) in [4.78, 5) is 11.0. The molecule has 0 unspecified atom stereocenters. The number of benzene rings is 2. The summed E-state index contributed by atoms with van der Waals surface area (Å²) < 4.78 is 19.2. The molecule has 0 radical (unpaired) electrons. The van der Waals surface area contributed by atoms with Gasteiger partial charge in [-0.2, -0.15) is 0 Å². The van der Waals surface area contributed by atoms with Gasteiger partial charge in [0.15, 0.2) is 6.29 Å². The van der Waals surface area contributed by atoms with Crippen LogP contribution in [0.15, 0.2) is 40.9 Å². The molecule has 0 aliphatic heterocycles. The van der Waals surface area contributed by atoms with Crippen LogP contribution in [0.5, 0.6) is 5.75 Å². The van der Waals surface area contributed by atoms with Gasteiger partial charge in [0.2, 0.25) is 0 Å². The molecule has 0 aliphatic carbocycles. The lowest BCUT2D eigenvalue weighted by Crippen LogP contribution is -2.00. The standard InChI is InChI=1S/C15H12BrFO2/c1-10-3-2-4-12(8-18)15(10)19-9-11-5-6-14(17)13(16)7-11/h2-8H,9H2,1H3. The Bertz CT molecular complexity index is 611. The highest BCUT2D eigenvalue weighted by Crippen LogP contribution is 2.24. The first kappa shape index (κ1) is 13.7. The third-order valence-corrected chi connectivity index (χ3v) is 3.34. The number of aldehydes is 1. The fourth-order valence-corrected chi connectivity index (χ4v) is 2.18. The maximum absolute atomic E-state index is 13.1. The van der Waals surface area contributed by atoms with Crippen molar-refractivity contribution in [2.45, 2.75) is 13.5 Å². The van der Waals surface area contributed by atoms with Gasteiger partial charge in [0.05, 0.1) is 10.0 Å². The van der Waals surface area contributed by atoms with Gasteiger partial charge in [-0.1, -0.05) is 18.2 Å². The van der Waals surface area contributed by atoms with Crippen molar-refractivity contribution >= 4 is 22.2 Å². The van der Waals surface area contributed by atoms with Gasteiger partial charge in [-0.15, -0.1) is 0 Å². The van der Waals surface area contributed by atoms with Crippen molar-refractivity contribution in [2.75, 3.05) is 0 Å². The summed E-state index contributed by atoms with van der Waals surface area (Å²) in [6, 6.07) is 10.1. The monoisotopic (exact) mass is 322 g/mol. The SMILES string of the molecule is Cc1cccc(C=O)c1OCc1ccc(F)c(Br)c1. The summed E-state index contributed by atoms with van der Waals surface area (Å²) in [7, 11) is 0. The minimum atomic E-state index is -0.312. The van der Waals surface area contributed by atoms with Gasteiger partial charge in [0.1, 0.15) is 18.2 Å². The quantitative estimate of drug-likeness (QED) is 0.785. The van der Waals surface area contributed by atoms with E-state index in [1.807, 2.05) is 13.0 Å². The zero-order valence-corrected chi connectivity index (χ0v) is 11.9. The van der Waals surface area contributed by atoms with Crippen LogP contribution in [0.25, 0.3) is 0 Å². The Morgan fingerprint density at radius 1 is 1.32 bits per heavy atom. The average Bonchev–Trinajstić information content (AvgIpc) is 2.41. The second kappa shape index (κ2) is 5.97. The minimum absolute atomic E-state index is 0.282. The van der Waals surface area contributed by atoms with E-state index in [1.54, 1.807) is 24.3 Å². The van der Waals surface area contributed by atoms with Crippen molar-refractivity contribution < 1.29 is 13.9 Å². The first-order valence-electron chi connectivity index (χ1n) is 5.73. The predicted molar refractivity (Wildman–Crippen MR) is 75.0 cm³/mol. The van der Waals surface area contributed by atoms with Crippen LogP contribution in [-0.2, 0) is 6.61 Å². The second-order valence-electron chi connectivity index (χ2n) is 4.15. The molecule has 0 saturated carbocycles. The molecule has 0 aromatic heterocycles. The summed E-state index contributed by atoms with van der Waals surface area (Å²) in [5, 5.41) is 0. The average molecular weight is 323 g/mol. The lowest BCUT2D eigenvalue weighted by molar-refractivity contribution is 0.111. The van der Waals surface area contributed by atoms with Crippen molar-refractivity contribution in [1.82, 2.24) is 0 Å². The molecule has 98 valence electrons. The fourth-order valence-electron chi connectivity index (χ4n) is 1.75. The van der Waals surface area contributed by atoms with Crippen molar-refractivity contribution in [2.24, 2.45) is 0 Å². The highest BCUT2D eigenvalue weighted by Gasteiger charge is 2.07. The van der Waals surface area contributed by atoms with Crippen LogP contribution in [0.4, 0.5) is 4.39 Å². The third-order valence-electron chi connectivity index (χ3n) is 2.74. The van der Waals surface area contributed by atoms with E-state index in [0.717, 1.165) is 17.4 Å². The van der Waals surface area contributed by atoms with Crippen LogP contribution in [0, 0.1) is 12.7 Å². The van der Waals surface area contributed by atoms with Gasteiger partial charge in [-0.25, -0.2) is 4.39 Å². The first-order valence-corrected chi connectivity index (χ1v) is 6.52. The molecule has 0 amide bonds. The van der Waals surface area contributed by atoms with E-state index in [2.05, 4.69) is 15.9 Å². The maximum Gasteiger partial charge on any atom is 0.153 e. The number of carbonyl (C=O) groups is 1. The summed E-state index contributed by atoms with van der Waals surface area (Å²) in [5.74, 6) is 0.256. The summed E-state index contributed by atoms with van der Waals surface area (Å²) in [6.07, 6.45) is 0.767. The lowest BCUT2D eigenvalue weighted by atomic mass is 10.1. The Morgan fingerprint density at radius 3 is 2.79 bits per heavy atom. The Balaban J connectivity index is 2.18. The van der Waals surface area contributed by atoms with E-state index in [0.29, 0.717) is 15.8 Å². The summed E-state index contributed by atoms with van der Waals surface area (Å²) in [5.41, 5.74) is 2.24. The first-order chi connectivity index (χ1) is 9.11. The number of ether oxygens (including phenoxy) is 1. The van der Waals surface area contributed by atoms with Gasteiger partial charge < -0.3 is 4.74 Å². The fraction of sp³-hybridized carbons (Fsp3) is 0.133. The second-order valence-corrected chi connectivity index (χ2v) is 5.00. The molecule has 2 aromatic carbocycles. The van der Waals surface area contributed by atoms with Crippen molar-refractivity contribution in [3.05, 3.63) is 63.4 Å². The van der Waals surface area contributed by atoms with Crippen LogP contribution < -0.4 is 4.74 Å². The Labute approximate surface area is 119 Å². The van der Waals surface area contributed by atoms with Gasteiger partial charge in [0, 0.05) is 0 Å². The molecule has 2 aromatic rings. The van der Waals surface area contributed by atoms with Crippen molar-refractivity contribution in [3.8, 4) is 5.75 Å². The lowest BCUT2D eigenvalue weighted by Gasteiger charge is -2.11. The topological polar surface area (TPSA) is 26.3 Å². The van der Waals surface area contributed by atoms with Crippen LogP contribution in [-0.4, -0.2) is 6.29 Å². The van der Waals surface area contributed by atoms with Crippen molar-refractivity contribution in [3.63, 3.8) is 0 Å². The van der Waals surface area contributed by atoms with Crippen LogP contribution in [0.3, 0.4) is 0 Å². The molecule has 0 aliphatic rings. The molecule has 0 atom stereocenters. The number of carbonyl (C=O) groups excluding carboxylic acids is 1. The smallest absolute Gasteiger partial charge is 0.153 e. The molecule has 0 bridgehead atoms. The number of aryl methyl sites for hydroxylation is 1.